The van der Waals surface area contributed by atoms with Gasteiger partial charge in [-0.05, 0) is 34.9 Å². The molecule has 1 heterocycles. The minimum absolute atomic E-state index is 0.481. The van der Waals surface area contributed by atoms with Gasteiger partial charge in [0.25, 0.3) is 0 Å². The van der Waals surface area contributed by atoms with Crippen molar-refractivity contribution in [2.45, 2.75) is 34.2 Å². The van der Waals surface area contributed by atoms with Crippen LogP contribution in [0.15, 0.2) is 24.5 Å². The number of nitrogens with one attached hydrogen (secondary N) is 1. The number of hydrogen-bond donors (Lipinski definition) is 1. The second kappa shape index (κ2) is 3.85. The molecule has 0 unspecified atom stereocenters. The third-order valence-corrected chi connectivity index (χ3v) is 4.72. The molecule has 0 spiro atoms. The third kappa shape index (κ3) is 1.86. The van der Waals surface area contributed by atoms with Crippen molar-refractivity contribution in [3.63, 3.8) is 0 Å². The summed E-state index contributed by atoms with van der Waals surface area (Å²) in [4.78, 5) is 4.12. The van der Waals surface area contributed by atoms with Crippen molar-refractivity contribution in [3.05, 3.63) is 30.1 Å². The molecule has 0 aromatic carbocycles. The lowest BCUT2D eigenvalue weighted by Crippen LogP contribution is -2.18. The summed E-state index contributed by atoms with van der Waals surface area (Å²) >= 11 is 0. The number of hydrogen-bond acceptors (Lipinski definition) is 2. The van der Waals surface area contributed by atoms with Gasteiger partial charge in [-0.25, -0.2) is 0 Å². The molecule has 16 heavy (non-hydrogen) atoms. The molecule has 0 saturated heterocycles. The van der Waals surface area contributed by atoms with Crippen LogP contribution in [0.2, 0.25) is 0 Å². The molecule has 2 nitrogen and oxygen atoms in total. The first kappa shape index (κ1) is 11.6. The third-order valence-electron chi connectivity index (χ3n) is 4.72. The van der Waals surface area contributed by atoms with Crippen LogP contribution in [0.25, 0.3) is 0 Å². The Hall–Kier alpha value is -0.890. The molecule has 1 aliphatic rings. The quantitative estimate of drug-likeness (QED) is 0.840. The lowest BCUT2D eigenvalue weighted by atomic mass is 10.0. The molecule has 1 saturated carbocycles. The summed E-state index contributed by atoms with van der Waals surface area (Å²) in [7, 11) is 0. The summed E-state index contributed by atoms with van der Waals surface area (Å²) < 4.78 is 0. The number of nitrogens with zero attached hydrogens (tertiary/aromatic N) is 1. The maximum Gasteiger partial charge on any atom is 0.0312 e. The Morgan fingerprint density at radius 2 is 1.94 bits per heavy atom. The van der Waals surface area contributed by atoms with Crippen LogP contribution in [0.1, 0.15) is 33.3 Å². The van der Waals surface area contributed by atoms with Crippen molar-refractivity contribution >= 4 is 0 Å². The van der Waals surface area contributed by atoms with E-state index in [-0.39, 0.29) is 0 Å². The molecular formula is C14H22N2. The predicted octanol–water partition coefficient (Wildman–Crippen LogP) is 2.85. The topological polar surface area (TPSA) is 24.9 Å². The van der Waals surface area contributed by atoms with E-state index in [1.807, 2.05) is 18.5 Å². The molecule has 1 N–H and O–H groups in total. The van der Waals surface area contributed by atoms with Crippen molar-refractivity contribution in [3.8, 4) is 0 Å². The van der Waals surface area contributed by atoms with Gasteiger partial charge in [0, 0.05) is 18.9 Å². The molecule has 88 valence electrons. The molecule has 0 amide bonds. The molecule has 2 rings (SSSR count). The van der Waals surface area contributed by atoms with Crippen molar-refractivity contribution in [1.29, 1.82) is 0 Å². The van der Waals surface area contributed by atoms with Crippen molar-refractivity contribution < 1.29 is 0 Å². The van der Waals surface area contributed by atoms with E-state index >= 15 is 0 Å². The highest BCUT2D eigenvalue weighted by Gasteiger charge is 2.63. The minimum Gasteiger partial charge on any atom is -0.312 e. The fourth-order valence-corrected chi connectivity index (χ4v) is 2.71. The Labute approximate surface area is 98.5 Å². The fraction of sp³-hybridized carbons (Fsp3) is 0.643. The van der Waals surface area contributed by atoms with Crippen molar-refractivity contribution in [2.24, 2.45) is 16.7 Å². The molecule has 1 fully saturated rings. The summed E-state index contributed by atoms with van der Waals surface area (Å²) in [5, 5.41) is 3.53. The second-order valence-corrected chi connectivity index (χ2v) is 5.99. The summed E-state index contributed by atoms with van der Waals surface area (Å²) in [6.45, 7) is 11.5. The predicted molar refractivity (Wildman–Crippen MR) is 67.0 cm³/mol. The smallest absolute Gasteiger partial charge is 0.0312 e. The normalized spacial score (nSPS) is 22.0. The highest BCUT2D eigenvalue weighted by Crippen LogP contribution is 2.67. The summed E-state index contributed by atoms with van der Waals surface area (Å²) in [5.74, 6) is 0.789. The largest absolute Gasteiger partial charge is 0.312 e. The van der Waals surface area contributed by atoms with Gasteiger partial charge in [-0.15, -0.1) is 0 Å². The Morgan fingerprint density at radius 1 is 1.25 bits per heavy atom. The zero-order valence-electron chi connectivity index (χ0n) is 10.7. The number of pyridine rings is 1. The maximum atomic E-state index is 4.12. The van der Waals surface area contributed by atoms with Crippen LogP contribution in [0.5, 0.6) is 0 Å². The Morgan fingerprint density at radius 3 is 2.44 bits per heavy atom. The molecule has 1 aliphatic carbocycles. The van der Waals surface area contributed by atoms with Crippen LogP contribution in [0, 0.1) is 16.7 Å². The Balaban J connectivity index is 1.79. The number of aromatic nitrogens is 1. The van der Waals surface area contributed by atoms with Gasteiger partial charge in [-0.2, -0.15) is 0 Å². The van der Waals surface area contributed by atoms with Crippen LogP contribution in [-0.2, 0) is 6.54 Å². The lowest BCUT2D eigenvalue weighted by molar-refractivity contribution is 0.457. The Kier molecular flexibility index (Phi) is 2.79. The van der Waals surface area contributed by atoms with E-state index in [9.17, 15) is 0 Å². The fourth-order valence-electron chi connectivity index (χ4n) is 2.71. The monoisotopic (exact) mass is 218 g/mol. The first-order valence-corrected chi connectivity index (χ1v) is 6.06. The molecule has 1 aromatic heterocycles. The van der Waals surface area contributed by atoms with Crippen LogP contribution in [0.4, 0.5) is 0 Å². The summed E-state index contributed by atoms with van der Waals surface area (Å²) in [6, 6.07) is 4.10. The second-order valence-electron chi connectivity index (χ2n) is 5.99. The zero-order valence-corrected chi connectivity index (χ0v) is 10.7. The van der Waals surface area contributed by atoms with E-state index in [4.69, 9.17) is 0 Å². The van der Waals surface area contributed by atoms with Gasteiger partial charge in [0.1, 0.15) is 0 Å². The highest BCUT2D eigenvalue weighted by atomic mass is 14.9. The van der Waals surface area contributed by atoms with Crippen LogP contribution < -0.4 is 5.32 Å². The van der Waals surface area contributed by atoms with E-state index in [1.165, 1.54) is 5.56 Å². The van der Waals surface area contributed by atoms with Gasteiger partial charge in [0.05, 0.1) is 0 Å². The van der Waals surface area contributed by atoms with Crippen molar-refractivity contribution in [1.82, 2.24) is 10.3 Å². The van der Waals surface area contributed by atoms with Crippen LogP contribution >= 0.6 is 0 Å². The average Bonchev–Trinajstić information content (AvgIpc) is 2.62. The first-order valence-electron chi connectivity index (χ1n) is 6.06. The highest BCUT2D eigenvalue weighted by molar-refractivity contribution is 5.13. The van der Waals surface area contributed by atoms with Gasteiger partial charge < -0.3 is 5.32 Å². The standard InChI is InChI=1S/C14H22N2/c1-13(2)12(14(13,3)4)10-16-9-11-6-5-7-15-8-11/h5-8,12,16H,9-10H2,1-4H3. The van der Waals surface area contributed by atoms with Gasteiger partial charge >= 0.3 is 0 Å². The van der Waals surface area contributed by atoms with E-state index in [1.54, 1.807) is 0 Å². The number of rotatable bonds is 4. The molecule has 0 radical (unpaired) electrons. The van der Waals surface area contributed by atoms with Gasteiger partial charge in [0.2, 0.25) is 0 Å². The SMILES string of the molecule is CC1(C)C(CNCc2cccnc2)C1(C)C. The Bertz CT molecular complexity index is 340. The lowest BCUT2D eigenvalue weighted by Gasteiger charge is -2.05. The molecular weight excluding hydrogens is 196 g/mol. The molecule has 0 bridgehead atoms. The minimum atomic E-state index is 0.481. The van der Waals surface area contributed by atoms with E-state index < -0.39 is 0 Å². The molecule has 0 aliphatic heterocycles. The molecule has 0 atom stereocenters. The van der Waals surface area contributed by atoms with Crippen molar-refractivity contribution in [2.75, 3.05) is 6.54 Å². The van der Waals surface area contributed by atoms with E-state index in [2.05, 4.69) is 44.1 Å². The maximum absolute atomic E-state index is 4.12. The molecule has 1 aromatic rings. The van der Waals surface area contributed by atoms with Crippen LogP contribution in [-0.4, -0.2) is 11.5 Å². The first-order chi connectivity index (χ1) is 7.46. The van der Waals surface area contributed by atoms with Gasteiger partial charge in [-0.3, -0.25) is 4.98 Å². The van der Waals surface area contributed by atoms with Gasteiger partial charge in [0.15, 0.2) is 0 Å². The van der Waals surface area contributed by atoms with Crippen LogP contribution in [0.3, 0.4) is 0 Å². The summed E-state index contributed by atoms with van der Waals surface area (Å²) in [5.41, 5.74) is 2.22. The zero-order chi connectivity index (χ0) is 11.8. The van der Waals surface area contributed by atoms with E-state index in [0.29, 0.717) is 10.8 Å². The average molecular weight is 218 g/mol. The summed E-state index contributed by atoms with van der Waals surface area (Å²) in [6.07, 6.45) is 3.74. The molecule has 2 heteroatoms. The van der Waals surface area contributed by atoms with Gasteiger partial charge in [-0.1, -0.05) is 33.8 Å². The van der Waals surface area contributed by atoms with E-state index in [0.717, 1.165) is 19.0 Å².